The van der Waals surface area contributed by atoms with Crippen LogP contribution in [0.2, 0.25) is 0 Å². The average Bonchev–Trinajstić information content (AvgIpc) is 2.33. The van der Waals surface area contributed by atoms with E-state index in [2.05, 4.69) is 51.2 Å². The summed E-state index contributed by atoms with van der Waals surface area (Å²) in [6, 6.07) is 6.28. The van der Waals surface area contributed by atoms with Crippen molar-refractivity contribution in [1.29, 1.82) is 0 Å². The molecule has 0 aliphatic rings. The van der Waals surface area contributed by atoms with Crippen molar-refractivity contribution in [2.75, 3.05) is 26.8 Å². The summed E-state index contributed by atoms with van der Waals surface area (Å²) in [5.41, 5.74) is 2.38. The van der Waals surface area contributed by atoms with E-state index in [1.807, 2.05) is 0 Å². The molecule has 1 aromatic rings. The fraction of sp³-hybridized carbons (Fsp3) is 0.625. The van der Waals surface area contributed by atoms with Gasteiger partial charge < -0.3 is 14.8 Å². The van der Waals surface area contributed by atoms with Gasteiger partial charge in [0.2, 0.25) is 0 Å². The minimum absolute atomic E-state index is 0.0456. The standard InChI is InChI=1S/C16H27NO2/c1-12(2)9-17-10-15(11-18-5)19-16-8-13(3)6-7-14(16)4/h6-8,12,15,17H,9-11H2,1-5H3. The molecule has 3 nitrogen and oxygen atoms in total. The quantitative estimate of drug-likeness (QED) is 0.784. The van der Waals surface area contributed by atoms with E-state index in [0.29, 0.717) is 12.5 Å². The third kappa shape index (κ3) is 6.08. The number of ether oxygens (including phenoxy) is 2. The second-order valence-electron chi connectivity index (χ2n) is 5.52. The first-order chi connectivity index (χ1) is 9.02. The van der Waals surface area contributed by atoms with Gasteiger partial charge >= 0.3 is 0 Å². The van der Waals surface area contributed by atoms with Crippen LogP contribution in [-0.2, 0) is 4.74 Å². The van der Waals surface area contributed by atoms with Gasteiger partial charge in [0, 0.05) is 13.7 Å². The summed E-state index contributed by atoms with van der Waals surface area (Å²) in [6.07, 6.45) is 0.0456. The summed E-state index contributed by atoms with van der Waals surface area (Å²) in [7, 11) is 1.71. The summed E-state index contributed by atoms with van der Waals surface area (Å²) in [5.74, 6) is 1.59. The SMILES string of the molecule is COCC(CNCC(C)C)Oc1cc(C)ccc1C. The topological polar surface area (TPSA) is 30.5 Å². The normalized spacial score (nSPS) is 12.7. The molecule has 0 amide bonds. The van der Waals surface area contributed by atoms with Crippen LogP contribution in [0.15, 0.2) is 18.2 Å². The Hall–Kier alpha value is -1.06. The van der Waals surface area contributed by atoms with Crippen LogP contribution < -0.4 is 10.1 Å². The fourth-order valence-corrected chi connectivity index (χ4v) is 1.87. The zero-order valence-electron chi connectivity index (χ0n) is 12.8. The third-order valence-corrected chi connectivity index (χ3v) is 2.91. The lowest BCUT2D eigenvalue weighted by Crippen LogP contribution is -2.36. The summed E-state index contributed by atoms with van der Waals surface area (Å²) in [6.45, 7) is 10.9. The first-order valence-electron chi connectivity index (χ1n) is 6.96. The third-order valence-electron chi connectivity index (χ3n) is 2.91. The van der Waals surface area contributed by atoms with E-state index >= 15 is 0 Å². The van der Waals surface area contributed by atoms with Gasteiger partial charge in [0.25, 0.3) is 0 Å². The molecule has 0 aromatic heterocycles. The van der Waals surface area contributed by atoms with Crippen LogP contribution in [0.4, 0.5) is 0 Å². The largest absolute Gasteiger partial charge is 0.486 e. The van der Waals surface area contributed by atoms with E-state index in [1.165, 1.54) is 5.56 Å². The first kappa shape index (κ1) is 16.0. The molecule has 0 radical (unpaired) electrons. The molecule has 1 aromatic carbocycles. The molecule has 19 heavy (non-hydrogen) atoms. The Morgan fingerprint density at radius 1 is 1.16 bits per heavy atom. The van der Waals surface area contributed by atoms with Gasteiger partial charge in [-0.3, -0.25) is 0 Å². The lowest BCUT2D eigenvalue weighted by molar-refractivity contribution is 0.0797. The zero-order valence-corrected chi connectivity index (χ0v) is 12.8. The number of nitrogens with one attached hydrogen (secondary N) is 1. The average molecular weight is 265 g/mol. The van der Waals surface area contributed by atoms with Crippen molar-refractivity contribution in [3.8, 4) is 5.75 Å². The highest BCUT2D eigenvalue weighted by Gasteiger charge is 2.12. The van der Waals surface area contributed by atoms with Crippen molar-refractivity contribution in [3.63, 3.8) is 0 Å². The lowest BCUT2D eigenvalue weighted by atomic mass is 10.1. The maximum Gasteiger partial charge on any atom is 0.134 e. The van der Waals surface area contributed by atoms with Gasteiger partial charge in [-0.15, -0.1) is 0 Å². The van der Waals surface area contributed by atoms with Crippen LogP contribution in [0.25, 0.3) is 0 Å². The molecule has 1 N–H and O–H groups in total. The van der Waals surface area contributed by atoms with Gasteiger partial charge in [-0.25, -0.2) is 0 Å². The number of rotatable bonds is 8. The highest BCUT2D eigenvalue weighted by atomic mass is 16.5. The monoisotopic (exact) mass is 265 g/mol. The Bertz CT molecular complexity index is 377. The first-order valence-corrected chi connectivity index (χ1v) is 6.96. The molecule has 1 unspecified atom stereocenters. The minimum atomic E-state index is 0.0456. The molecule has 0 aliphatic carbocycles. The Morgan fingerprint density at radius 3 is 2.53 bits per heavy atom. The van der Waals surface area contributed by atoms with Gasteiger partial charge in [0.15, 0.2) is 0 Å². The van der Waals surface area contributed by atoms with Gasteiger partial charge in [0.1, 0.15) is 11.9 Å². The predicted molar refractivity (Wildman–Crippen MR) is 79.9 cm³/mol. The van der Waals surface area contributed by atoms with Crippen molar-refractivity contribution in [3.05, 3.63) is 29.3 Å². The Balaban J connectivity index is 2.58. The van der Waals surface area contributed by atoms with E-state index < -0.39 is 0 Å². The van der Waals surface area contributed by atoms with Gasteiger partial charge in [-0.2, -0.15) is 0 Å². The molecule has 1 atom stereocenters. The number of benzene rings is 1. The molecule has 0 saturated carbocycles. The maximum atomic E-state index is 6.06. The van der Waals surface area contributed by atoms with Crippen LogP contribution >= 0.6 is 0 Å². The molecule has 0 aliphatic heterocycles. The molecule has 0 heterocycles. The predicted octanol–water partition coefficient (Wildman–Crippen LogP) is 2.94. The van der Waals surface area contributed by atoms with Gasteiger partial charge in [-0.05, 0) is 43.5 Å². The lowest BCUT2D eigenvalue weighted by Gasteiger charge is -2.21. The van der Waals surface area contributed by atoms with Crippen molar-refractivity contribution in [2.45, 2.75) is 33.8 Å². The van der Waals surface area contributed by atoms with Crippen molar-refractivity contribution >= 4 is 0 Å². The Morgan fingerprint density at radius 2 is 1.89 bits per heavy atom. The van der Waals surface area contributed by atoms with Gasteiger partial charge in [0.05, 0.1) is 6.61 Å². The number of methoxy groups -OCH3 is 1. The van der Waals surface area contributed by atoms with E-state index in [4.69, 9.17) is 9.47 Å². The molecular formula is C16H27NO2. The Labute approximate surface area is 117 Å². The molecule has 108 valence electrons. The molecular weight excluding hydrogens is 238 g/mol. The van der Waals surface area contributed by atoms with Crippen molar-refractivity contribution < 1.29 is 9.47 Å². The highest BCUT2D eigenvalue weighted by molar-refractivity contribution is 5.36. The molecule has 0 bridgehead atoms. The van der Waals surface area contributed by atoms with Gasteiger partial charge in [-0.1, -0.05) is 26.0 Å². The van der Waals surface area contributed by atoms with E-state index in [-0.39, 0.29) is 6.10 Å². The zero-order chi connectivity index (χ0) is 14.3. The van der Waals surface area contributed by atoms with E-state index in [0.717, 1.165) is 24.4 Å². The van der Waals surface area contributed by atoms with Crippen molar-refractivity contribution in [1.82, 2.24) is 5.32 Å². The number of aryl methyl sites for hydroxylation is 2. The molecule has 1 rings (SSSR count). The summed E-state index contributed by atoms with van der Waals surface area (Å²) < 4.78 is 11.3. The molecule has 0 spiro atoms. The van der Waals surface area contributed by atoms with Crippen molar-refractivity contribution in [2.24, 2.45) is 5.92 Å². The van der Waals surface area contributed by atoms with Crippen LogP contribution in [0.1, 0.15) is 25.0 Å². The summed E-state index contributed by atoms with van der Waals surface area (Å²) >= 11 is 0. The van der Waals surface area contributed by atoms with E-state index in [1.54, 1.807) is 7.11 Å². The van der Waals surface area contributed by atoms with E-state index in [9.17, 15) is 0 Å². The fourth-order valence-electron chi connectivity index (χ4n) is 1.87. The maximum absolute atomic E-state index is 6.06. The second kappa shape index (κ2) is 8.18. The molecule has 0 saturated heterocycles. The Kier molecular flexibility index (Phi) is 6.89. The number of hydrogen-bond donors (Lipinski definition) is 1. The van der Waals surface area contributed by atoms with Crippen LogP contribution in [0, 0.1) is 19.8 Å². The van der Waals surface area contributed by atoms with Crippen LogP contribution in [0.5, 0.6) is 5.75 Å². The van der Waals surface area contributed by atoms with Crippen LogP contribution in [-0.4, -0.2) is 32.9 Å². The minimum Gasteiger partial charge on any atom is -0.486 e. The molecule has 0 fully saturated rings. The molecule has 3 heteroatoms. The summed E-state index contributed by atoms with van der Waals surface area (Å²) in [5, 5.41) is 3.42. The highest BCUT2D eigenvalue weighted by Crippen LogP contribution is 2.20. The second-order valence-corrected chi connectivity index (χ2v) is 5.52. The van der Waals surface area contributed by atoms with Crippen LogP contribution in [0.3, 0.4) is 0 Å². The smallest absolute Gasteiger partial charge is 0.134 e. The summed E-state index contributed by atoms with van der Waals surface area (Å²) in [4.78, 5) is 0. The number of hydrogen-bond acceptors (Lipinski definition) is 3.